The van der Waals surface area contributed by atoms with Crippen molar-refractivity contribution < 1.29 is 9.90 Å². The van der Waals surface area contributed by atoms with E-state index in [0.29, 0.717) is 0 Å². The third kappa shape index (κ3) is 4.40. The van der Waals surface area contributed by atoms with Crippen LogP contribution in [0.2, 0.25) is 0 Å². The van der Waals surface area contributed by atoms with E-state index in [1.165, 1.54) is 0 Å². The molecule has 1 rings (SSSR count). The van der Waals surface area contributed by atoms with Crippen molar-refractivity contribution in [3.05, 3.63) is 35.9 Å². The first kappa shape index (κ1) is 12.1. The largest absolute Gasteiger partial charge is 0.394 e. The van der Waals surface area contributed by atoms with Gasteiger partial charge in [-0.1, -0.05) is 30.3 Å². The first-order chi connectivity index (χ1) is 7.24. The maximum Gasteiger partial charge on any atom is 0.236 e. The van der Waals surface area contributed by atoms with E-state index in [4.69, 9.17) is 16.7 Å². The van der Waals surface area contributed by atoms with Crippen molar-refractivity contribution in [1.82, 2.24) is 10.9 Å². The van der Waals surface area contributed by atoms with Crippen LogP contribution in [0.1, 0.15) is 11.6 Å². The standard InChI is InChI=1S/C10H13ClN2O2/c11-10(15)6-12-13-9(7-14)8-4-2-1-3-5-8/h1-5,9,12-14H,6-7H2. The summed E-state index contributed by atoms with van der Waals surface area (Å²) in [5, 5.41) is 8.64. The second-order valence-electron chi connectivity index (χ2n) is 3.00. The molecule has 0 aliphatic carbocycles. The third-order valence-corrected chi connectivity index (χ3v) is 2.02. The molecule has 3 N–H and O–H groups in total. The second-order valence-corrected chi connectivity index (χ2v) is 3.42. The number of halogens is 1. The van der Waals surface area contributed by atoms with Crippen LogP contribution in [0, 0.1) is 0 Å². The summed E-state index contributed by atoms with van der Waals surface area (Å²) in [4.78, 5) is 10.5. The summed E-state index contributed by atoms with van der Waals surface area (Å²) in [5.41, 5.74) is 6.39. The molecule has 82 valence electrons. The number of hydrogen-bond donors (Lipinski definition) is 3. The quantitative estimate of drug-likeness (QED) is 0.493. The van der Waals surface area contributed by atoms with Crippen molar-refractivity contribution in [1.29, 1.82) is 0 Å². The molecule has 1 aromatic carbocycles. The average molecular weight is 229 g/mol. The van der Waals surface area contributed by atoms with Gasteiger partial charge in [0.25, 0.3) is 0 Å². The van der Waals surface area contributed by atoms with Gasteiger partial charge in [-0.2, -0.15) is 0 Å². The van der Waals surface area contributed by atoms with Crippen LogP contribution in [0.4, 0.5) is 0 Å². The van der Waals surface area contributed by atoms with Gasteiger partial charge in [0.05, 0.1) is 19.2 Å². The summed E-state index contributed by atoms with van der Waals surface area (Å²) in [7, 11) is 0. The molecule has 15 heavy (non-hydrogen) atoms. The van der Waals surface area contributed by atoms with Crippen molar-refractivity contribution in [2.75, 3.05) is 13.2 Å². The summed E-state index contributed by atoms with van der Waals surface area (Å²) in [6, 6.07) is 9.19. The van der Waals surface area contributed by atoms with E-state index in [0.717, 1.165) is 5.56 Å². The van der Waals surface area contributed by atoms with Gasteiger partial charge < -0.3 is 5.11 Å². The number of nitrogens with one attached hydrogen (secondary N) is 2. The molecule has 1 atom stereocenters. The number of aliphatic hydroxyl groups is 1. The third-order valence-electron chi connectivity index (χ3n) is 1.89. The minimum atomic E-state index is -0.479. The first-order valence-electron chi connectivity index (χ1n) is 4.56. The van der Waals surface area contributed by atoms with Crippen LogP contribution in [-0.4, -0.2) is 23.5 Å². The Morgan fingerprint density at radius 1 is 1.40 bits per heavy atom. The molecule has 0 bridgehead atoms. The fraction of sp³-hybridized carbons (Fsp3) is 0.300. The van der Waals surface area contributed by atoms with Gasteiger partial charge in [0.1, 0.15) is 0 Å². The normalized spacial score (nSPS) is 12.4. The van der Waals surface area contributed by atoms with Gasteiger partial charge in [-0.3, -0.25) is 4.79 Å². The van der Waals surface area contributed by atoms with Gasteiger partial charge in [-0.05, 0) is 17.2 Å². The van der Waals surface area contributed by atoms with Gasteiger partial charge in [0.15, 0.2) is 0 Å². The van der Waals surface area contributed by atoms with Crippen LogP contribution in [-0.2, 0) is 4.79 Å². The van der Waals surface area contributed by atoms with E-state index in [2.05, 4.69) is 10.9 Å². The SMILES string of the molecule is O=C(Cl)CNNC(CO)c1ccccc1. The lowest BCUT2D eigenvalue weighted by Gasteiger charge is -2.16. The van der Waals surface area contributed by atoms with Crippen LogP contribution < -0.4 is 10.9 Å². The van der Waals surface area contributed by atoms with Gasteiger partial charge in [0, 0.05) is 0 Å². The molecule has 0 heterocycles. The summed E-state index contributed by atoms with van der Waals surface area (Å²) in [6.07, 6.45) is 0. The lowest BCUT2D eigenvalue weighted by molar-refractivity contribution is -0.111. The highest BCUT2D eigenvalue weighted by atomic mass is 35.5. The molecule has 0 radical (unpaired) electrons. The van der Waals surface area contributed by atoms with Gasteiger partial charge >= 0.3 is 0 Å². The summed E-state index contributed by atoms with van der Waals surface area (Å²) >= 11 is 5.15. The predicted octanol–water partition coefficient (Wildman–Crippen LogP) is 0.580. The van der Waals surface area contributed by atoms with Crippen LogP contribution in [0.3, 0.4) is 0 Å². The van der Waals surface area contributed by atoms with E-state index in [1.54, 1.807) is 0 Å². The fourth-order valence-corrected chi connectivity index (χ4v) is 1.23. The lowest BCUT2D eigenvalue weighted by Crippen LogP contribution is -2.39. The number of aliphatic hydroxyl groups excluding tert-OH is 1. The van der Waals surface area contributed by atoms with Gasteiger partial charge in [-0.25, -0.2) is 10.9 Å². The van der Waals surface area contributed by atoms with Crippen molar-refractivity contribution in [3.8, 4) is 0 Å². The molecule has 0 saturated heterocycles. The zero-order valence-electron chi connectivity index (χ0n) is 8.11. The Kier molecular flexibility index (Phi) is 5.28. The maximum atomic E-state index is 10.5. The number of benzene rings is 1. The highest BCUT2D eigenvalue weighted by Crippen LogP contribution is 2.09. The smallest absolute Gasteiger partial charge is 0.236 e. The Balaban J connectivity index is 2.46. The monoisotopic (exact) mass is 228 g/mol. The molecule has 0 saturated carbocycles. The molecule has 1 unspecified atom stereocenters. The second kappa shape index (κ2) is 6.53. The van der Waals surface area contributed by atoms with E-state index in [1.807, 2.05) is 30.3 Å². The highest BCUT2D eigenvalue weighted by molar-refractivity contribution is 6.64. The summed E-state index contributed by atoms with van der Waals surface area (Å²) in [5.74, 6) is 0. The number of rotatable bonds is 6. The molecule has 1 aromatic rings. The van der Waals surface area contributed by atoms with E-state index < -0.39 is 5.24 Å². The van der Waals surface area contributed by atoms with Crippen LogP contribution in [0.5, 0.6) is 0 Å². The Morgan fingerprint density at radius 2 is 2.07 bits per heavy atom. The Morgan fingerprint density at radius 3 is 2.60 bits per heavy atom. The molecule has 0 aliphatic heterocycles. The topological polar surface area (TPSA) is 61.4 Å². The molecule has 0 fully saturated rings. The number of carbonyl (C=O) groups is 1. The molecular weight excluding hydrogens is 216 g/mol. The summed E-state index contributed by atoms with van der Waals surface area (Å²) < 4.78 is 0. The molecule has 0 aromatic heterocycles. The number of hydrogen-bond acceptors (Lipinski definition) is 4. The zero-order valence-corrected chi connectivity index (χ0v) is 8.87. The molecule has 5 heteroatoms. The van der Waals surface area contributed by atoms with Crippen molar-refractivity contribution in [2.45, 2.75) is 6.04 Å². The predicted molar refractivity (Wildman–Crippen MR) is 58.3 cm³/mol. The Labute approximate surface area is 93.2 Å². The lowest BCUT2D eigenvalue weighted by atomic mass is 10.1. The van der Waals surface area contributed by atoms with Gasteiger partial charge in [-0.15, -0.1) is 0 Å². The van der Waals surface area contributed by atoms with Gasteiger partial charge in [0.2, 0.25) is 5.24 Å². The zero-order chi connectivity index (χ0) is 11.1. The van der Waals surface area contributed by atoms with E-state index in [9.17, 15) is 4.79 Å². The number of carbonyl (C=O) groups excluding carboxylic acids is 1. The number of hydrazine groups is 1. The maximum absolute atomic E-state index is 10.5. The molecule has 0 aliphatic rings. The highest BCUT2D eigenvalue weighted by Gasteiger charge is 2.08. The molecule has 0 amide bonds. The van der Waals surface area contributed by atoms with Crippen molar-refractivity contribution in [3.63, 3.8) is 0 Å². The summed E-state index contributed by atoms with van der Waals surface area (Å²) in [6.45, 7) is -0.0433. The van der Waals surface area contributed by atoms with Crippen LogP contribution in [0.25, 0.3) is 0 Å². The van der Waals surface area contributed by atoms with E-state index in [-0.39, 0.29) is 19.2 Å². The first-order valence-corrected chi connectivity index (χ1v) is 4.94. The Hall–Kier alpha value is -0.940. The van der Waals surface area contributed by atoms with Crippen LogP contribution >= 0.6 is 11.6 Å². The Bertz CT molecular complexity index is 306. The van der Waals surface area contributed by atoms with Crippen molar-refractivity contribution in [2.24, 2.45) is 0 Å². The molecular formula is C10H13ClN2O2. The molecule has 0 spiro atoms. The average Bonchev–Trinajstić information content (AvgIpc) is 2.25. The minimum absolute atomic E-state index is 0.0187. The molecule has 4 nitrogen and oxygen atoms in total. The van der Waals surface area contributed by atoms with Crippen molar-refractivity contribution >= 4 is 16.8 Å². The fourth-order valence-electron chi connectivity index (χ4n) is 1.16. The minimum Gasteiger partial charge on any atom is -0.394 e. The van der Waals surface area contributed by atoms with Crippen LogP contribution in [0.15, 0.2) is 30.3 Å². The van der Waals surface area contributed by atoms with E-state index >= 15 is 0 Å².